The minimum atomic E-state index is -0.227. The van der Waals surface area contributed by atoms with Crippen LogP contribution in [0.2, 0.25) is 0 Å². The van der Waals surface area contributed by atoms with E-state index in [9.17, 15) is 4.79 Å². The third kappa shape index (κ3) is 3.23. The van der Waals surface area contributed by atoms with E-state index < -0.39 is 0 Å². The number of nitrogens with zero attached hydrogens (tertiary/aromatic N) is 2. The Morgan fingerprint density at radius 3 is 2.20 bits per heavy atom. The van der Waals surface area contributed by atoms with Crippen molar-refractivity contribution in [2.45, 2.75) is 0 Å². The number of nitrogens with one attached hydrogen (secondary N) is 1. The fourth-order valence-electron chi connectivity index (χ4n) is 2.65. The van der Waals surface area contributed by atoms with Crippen molar-refractivity contribution in [3.8, 4) is 11.4 Å². The van der Waals surface area contributed by atoms with Crippen LogP contribution in [-0.2, 0) is 0 Å². The summed E-state index contributed by atoms with van der Waals surface area (Å²) < 4.78 is 0. The zero-order valence-electron chi connectivity index (χ0n) is 13.4. The quantitative estimate of drug-likeness (QED) is 0.601. The Bertz CT molecular complexity index is 1030. The van der Waals surface area contributed by atoms with Gasteiger partial charge in [-0.15, -0.1) is 0 Å². The van der Waals surface area contributed by atoms with Gasteiger partial charge in [-0.2, -0.15) is 0 Å². The Kier molecular flexibility index (Phi) is 3.92. The molecule has 0 radical (unpaired) electrons. The second-order valence-corrected chi connectivity index (χ2v) is 5.68. The summed E-state index contributed by atoms with van der Waals surface area (Å²) in [6, 6.07) is 23.5. The van der Waals surface area contributed by atoms with Crippen molar-refractivity contribution in [1.82, 2.24) is 9.97 Å². The van der Waals surface area contributed by atoms with Crippen LogP contribution >= 0.6 is 0 Å². The number of rotatable bonds is 3. The smallest absolute Gasteiger partial charge is 0.258 e. The number of carbonyl (C=O) groups excluding carboxylic acids is 1. The first-order valence-corrected chi connectivity index (χ1v) is 7.97. The molecular weight excluding hydrogens is 310 g/mol. The van der Waals surface area contributed by atoms with E-state index in [4.69, 9.17) is 0 Å². The van der Waals surface area contributed by atoms with Gasteiger partial charge in [0, 0.05) is 23.6 Å². The highest BCUT2D eigenvalue weighted by Gasteiger charge is 2.09. The minimum Gasteiger partial charge on any atom is -0.322 e. The minimum absolute atomic E-state index is 0.227. The van der Waals surface area contributed by atoms with Crippen molar-refractivity contribution in [2.24, 2.45) is 0 Å². The van der Waals surface area contributed by atoms with Gasteiger partial charge in [0.1, 0.15) is 0 Å². The van der Waals surface area contributed by atoms with Crippen molar-refractivity contribution in [3.63, 3.8) is 0 Å². The molecule has 4 nitrogen and oxygen atoms in total. The molecule has 3 aromatic carbocycles. The van der Waals surface area contributed by atoms with E-state index in [-0.39, 0.29) is 5.91 Å². The second kappa shape index (κ2) is 6.53. The Morgan fingerprint density at radius 1 is 0.760 bits per heavy atom. The monoisotopic (exact) mass is 325 g/mol. The molecule has 1 N–H and O–H groups in total. The fourth-order valence-corrected chi connectivity index (χ4v) is 2.65. The van der Waals surface area contributed by atoms with E-state index >= 15 is 0 Å². The summed E-state index contributed by atoms with van der Waals surface area (Å²) in [6.45, 7) is 0. The lowest BCUT2D eigenvalue weighted by molar-refractivity contribution is 0.102. The molecule has 1 aromatic heterocycles. The van der Waals surface area contributed by atoms with Gasteiger partial charge in [-0.1, -0.05) is 60.7 Å². The van der Waals surface area contributed by atoms with Gasteiger partial charge in [0.25, 0.3) is 5.91 Å². The molecule has 0 fully saturated rings. The molecule has 0 aliphatic heterocycles. The number of hydrogen-bond donors (Lipinski definition) is 1. The van der Waals surface area contributed by atoms with Crippen molar-refractivity contribution in [1.29, 1.82) is 0 Å². The average Bonchev–Trinajstić information content (AvgIpc) is 2.69. The second-order valence-electron chi connectivity index (χ2n) is 5.68. The highest BCUT2D eigenvalue weighted by atomic mass is 16.1. The third-order valence-electron chi connectivity index (χ3n) is 3.95. The summed E-state index contributed by atoms with van der Waals surface area (Å²) in [5.41, 5.74) is 2.09. The molecule has 120 valence electrons. The first-order valence-electron chi connectivity index (χ1n) is 7.97. The molecule has 4 aromatic rings. The van der Waals surface area contributed by atoms with E-state index in [1.165, 1.54) is 0 Å². The van der Waals surface area contributed by atoms with E-state index in [0.717, 1.165) is 22.0 Å². The summed E-state index contributed by atoms with van der Waals surface area (Å²) in [5.74, 6) is 0.373. The van der Waals surface area contributed by atoms with Gasteiger partial charge in [-0.25, -0.2) is 9.97 Å². The van der Waals surface area contributed by atoms with Gasteiger partial charge in [0.05, 0.1) is 5.56 Å². The van der Waals surface area contributed by atoms with Gasteiger partial charge in [-0.05, 0) is 22.9 Å². The molecule has 0 atom stereocenters. The summed E-state index contributed by atoms with van der Waals surface area (Å²) in [7, 11) is 0. The maximum Gasteiger partial charge on any atom is 0.258 e. The number of hydrogen-bond acceptors (Lipinski definition) is 3. The van der Waals surface area contributed by atoms with Crippen LogP contribution in [0, 0.1) is 0 Å². The first-order chi connectivity index (χ1) is 12.3. The molecule has 4 rings (SSSR count). The van der Waals surface area contributed by atoms with Gasteiger partial charge >= 0.3 is 0 Å². The SMILES string of the molecule is O=C(Nc1ccc2ccccc2c1)c1cnc(-c2ccccc2)nc1. The van der Waals surface area contributed by atoms with Crippen LogP contribution in [0.4, 0.5) is 5.69 Å². The molecule has 0 saturated carbocycles. The lowest BCUT2D eigenvalue weighted by Crippen LogP contribution is -2.12. The van der Waals surface area contributed by atoms with Crippen molar-refractivity contribution < 1.29 is 4.79 Å². The molecule has 0 aliphatic carbocycles. The Hall–Kier alpha value is -3.53. The number of amides is 1. The van der Waals surface area contributed by atoms with Crippen LogP contribution in [0.5, 0.6) is 0 Å². The third-order valence-corrected chi connectivity index (χ3v) is 3.95. The Balaban J connectivity index is 1.54. The molecule has 0 unspecified atom stereocenters. The van der Waals surface area contributed by atoms with Crippen LogP contribution in [0.1, 0.15) is 10.4 Å². The van der Waals surface area contributed by atoms with Crippen molar-refractivity contribution in [2.75, 3.05) is 5.32 Å². The number of carbonyl (C=O) groups is 1. The lowest BCUT2D eigenvalue weighted by atomic mass is 10.1. The predicted octanol–water partition coefficient (Wildman–Crippen LogP) is 4.55. The van der Waals surface area contributed by atoms with Crippen LogP contribution in [-0.4, -0.2) is 15.9 Å². The topological polar surface area (TPSA) is 54.9 Å². The van der Waals surface area contributed by atoms with Gasteiger partial charge in [0.2, 0.25) is 0 Å². The van der Waals surface area contributed by atoms with Crippen LogP contribution < -0.4 is 5.32 Å². The summed E-state index contributed by atoms with van der Waals surface area (Å²) in [4.78, 5) is 21.0. The molecule has 25 heavy (non-hydrogen) atoms. The highest BCUT2D eigenvalue weighted by molar-refractivity contribution is 6.04. The molecular formula is C21H15N3O. The molecule has 0 aliphatic rings. The number of aromatic nitrogens is 2. The van der Waals surface area contributed by atoms with E-state index in [1.54, 1.807) is 12.4 Å². The summed E-state index contributed by atoms with van der Waals surface area (Å²) >= 11 is 0. The average molecular weight is 325 g/mol. The van der Waals surface area contributed by atoms with Gasteiger partial charge in [-0.3, -0.25) is 4.79 Å². The molecule has 1 amide bonds. The van der Waals surface area contributed by atoms with Crippen molar-refractivity contribution >= 4 is 22.4 Å². The molecule has 0 saturated heterocycles. The molecule has 4 heteroatoms. The highest BCUT2D eigenvalue weighted by Crippen LogP contribution is 2.19. The zero-order valence-corrected chi connectivity index (χ0v) is 13.4. The number of anilines is 1. The molecule has 0 spiro atoms. The Labute approximate surface area is 145 Å². The fraction of sp³-hybridized carbons (Fsp3) is 0. The standard InChI is InChI=1S/C21H15N3O/c25-21(24-19-11-10-15-6-4-5-9-17(15)12-19)18-13-22-20(23-14-18)16-7-2-1-3-8-16/h1-14H,(H,24,25). The predicted molar refractivity (Wildman–Crippen MR) is 99.4 cm³/mol. The number of fused-ring (bicyclic) bond motifs is 1. The summed E-state index contributed by atoms with van der Waals surface area (Å²) in [5, 5.41) is 5.11. The van der Waals surface area contributed by atoms with Crippen LogP contribution in [0.15, 0.2) is 85.2 Å². The van der Waals surface area contributed by atoms with Crippen LogP contribution in [0.25, 0.3) is 22.2 Å². The van der Waals surface area contributed by atoms with Gasteiger partial charge < -0.3 is 5.32 Å². The number of benzene rings is 3. The van der Waals surface area contributed by atoms with E-state index in [2.05, 4.69) is 15.3 Å². The Morgan fingerprint density at radius 2 is 1.44 bits per heavy atom. The largest absolute Gasteiger partial charge is 0.322 e. The van der Waals surface area contributed by atoms with Crippen molar-refractivity contribution in [3.05, 3.63) is 90.8 Å². The van der Waals surface area contributed by atoms with E-state index in [0.29, 0.717) is 11.4 Å². The maximum absolute atomic E-state index is 12.4. The molecule has 0 bridgehead atoms. The lowest BCUT2D eigenvalue weighted by Gasteiger charge is -2.07. The zero-order chi connectivity index (χ0) is 17.1. The summed E-state index contributed by atoms with van der Waals surface area (Å²) in [6.07, 6.45) is 3.09. The first kappa shape index (κ1) is 15.0. The van der Waals surface area contributed by atoms with Crippen LogP contribution in [0.3, 0.4) is 0 Å². The normalized spacial score (nSPS) is 10.6. The maximum atomic E-state index is 12.4. The molecule has 1 heterocycles. The van der Waals surface area contributed by atoms with E-state index in [1.807, 2.05) is 72.8 Å². The van der Waals surface area contributed by atoms with Gasteiger partial charge in [0.15, 0.2) is 5.82 Å².